The lowest BCUT2D eigenvalue weighted by atomic mass is 10.1. The molecule has 2 rings (SSSR count). The van der Waals surface area contributed by atoms with Gasteiger partial charge in [-0.15, -0.1) is 0 Å². The third kappa shape index (κ3) is 3.92. The molecule has 0 aromatic heterocycles. The van der Waals surface area contributed by atoms with Gasteiger partial charge in [-0.1, -0.05) is 46.4 Å². The summed E-state index contributed by atoms with van der Waals surface area (Å²) >= 11 is 23.7. The molecule has 8 heteroatoms. The van der Waals surface area contributed by atoms with Crippen LogP contribution in [0.1, 0.15) is 5.56 Å². The Morgan fingerprint density at radius 2 is 1.62 bits per heavy atom. The molecular formula is C13H8Cl4N2O2. The molecule has 0 aliphatic rings. The summed E-state index contributed by atoms with van der Waals surface area (Å²) in [6.45, 7) is 0.175. The molecule has 0 atom stereocenters. The Kier molecular flexibility index (Phi) is 5.17. The summed E-state index contributed by atoms with van der Waals surface area (Å²) in [6.07, 6.45) is 0. The molecule has 2 aromatic rings. The Morgan fingerprint density at radius 1 is 1.00 bits per heavy atom. The van der Waals surface area contributed by atoms with Gasteiger partial charge in [0.25, 0.3) is 5.69 Å². The van der Waals surface area contributed by atoms with E-state index in [1.807, 2.05) is 0 Å². The average Bonchev–Trinajstić information content (AvgIpc) is 2.38. The summed E-state index contributed by atoms with van der Waals surface area (Å²) in [5.74, 6) is 0. The van der Waals surface area contributed by atoms with Crippen molar-refractivity contribution >= 4 is 57.8 Å². The molecule has 0 spiro atoms. The standard InChI is InChI=1S/C13H8Cl4N2O2/c14-8-2-1-7(12(5-8)19(20)21)6-18-13-10(16)3-9(15)4-11(13)17/h1-5,18H,6H2. The van der Waals surface area contributed by atoms with Gasteiger partial charge in [0, 0.05) is 28.2 Å². The first-order chi connectivity index (χ1) is 9.88. The van der Waals surface area contributed by atoms with E-state index in [0.717, 1.165) is 0 Å². The van der Waals surface area contributed by atoms with Gasteiger partial charge in [-0.25, -0.2) is 0 Å². The summed E-state index contributed by atoms with van der Waals surface area (Å²) in [6, 6.07) is 7.52. The maximum Gasteiger partial charge on any atom is 0.275 e. The Labute approximate surface area is 140 Å². The van der Waals surface area contributed by atoms with Crippen LogP contribution in [-0.4, -0.2) is 4.92 Å². The quantitative estimate of drug-likeness (QED) is 0.548. The normalized spacial score (nSPS) is 10.5. The smallest absolute Gasteiger partial charge is 0.275 e. The van der Waals surface area contributed by atoms with E-state index in [9.17, 15) is 10.1 Å². The molecular weight excluding hydrogens is 358 g/mol. The second-order valence-electron chi connectivity index (χ2n) is 4.13. The van der Waals surface area contributed by atoms with Crippen molar-refractivity contribution in [1.29, 1.82) is 0 Å². The topological polar surface area (TPSA) is 55.2 Å². The molecule has 0 saturated heterocycles. The van der Waals surface area contributed by atoms with Crippen molar-refractivity contribution in [3.05, 3.63) is 66.1 Å². The highest BCUT2D eigenvalue weighted by atomic mass is 35.5. The maximum absolute atomic E-state index is 11.0. The van der Waals surface area contributed by atoms with Crippen LogP contribution in [0.15, 0.2) is 30.3 Å². The van der Waals surface area contributed by atoms with Crippen LogP contribution in [0.25, 0.3) is 0 Å². The zero-order valence-electron chi connectivity index (χ0n) is 10.4. The Balaban J connectivity index is 2.27. The van der Waals surface area contributed by atoms with Crippen LogP contribution in [0.3, 0.4) is 0 Å². The van der Waals surface area contributed by atoms with Crippen LogP contribution in [0.4, 0.5) is 11.4 Å². The lowest BCUT2D eigenvalue weighted by molar-refractivity contribution is -0.385. The SMILES string of the molecule is O=[N+]([O-])c1cc(Cl)ccc1CNc1c(Cl)cc(Cl)cc1Cl. The second-order valence-corrected chi connectivity index (χ2v) is 5.82. The lowest BCUT2D eigenvalue weighted by Gasteiger charge is -2.11. The largest absolute Gasteiger partial charge is 0.378 e. The first-order valence-electron chi connectivity index (χ1n) is 5.69. The number of hydrogen-bond donors (Lipinski definition) is 1. The first kappa shape index (κ1) is 16.2. The van der Waals surface area contributed by atoms with E-state index < -0.39 is 4.92 Å². The zero-order chi connectivity index (χ0) is 15.6. The second kappa shape index (κ2) is 6.71. The monoisotopic (exact) mass is 364 g/mol. The van der Waals surface area contributed by atoms with Crippen molar-refractivity contribution in [3.8, 4) is 0 Å². The predicted octanol–water partition coefficient (Wildman–Crippen LogP) is 5.82. The van der Waals surface area contributed by atoms with E-state index in [1.54, 1.807) is 12.1 Å². The molecule has 2 aromatic carbocycles. The number of nitrogens with zero attached hydrogens (tertiary/aromatic N) is 1. The van der Waals surface area contributed by atoms with Crippen LogP contribution in [0.2, 0.25) is 20.1 Å². The van der Waals surface area contributed by atoms with Gasteiger partial charge >= 0.3 is 0 Å². The minimum Gasteiger partial charge on any atom is -0.378 e. The molecule has 110 valence electrons. The highest BCUT2D eigenvalue weighted by Crippen LogP contribution is 2.34. The van der Waals surface area contributed by atoms with Gasteiger partial charge in [0.1, 0.15) is 0 Å². The van der Waals surface area contributed by atoms with Crippen molar-refractivity contribution in [1.82, 2.24) is 0 Å². The van der Waals surface area contributed by atoms with E-state index in [4.69, 9.17) is 46.4 Å². The van der Waals surface area contributed by atoms with E-state index in [0.29, 0.717) is 31.3 Å². The van der Waals surface area contributed by atoms with Crippen molar-refractivity contribution < 1.29 is 4.92 Å². The minimum absolute atomic E-state index is 0.0730. The Hall–Kier alpha value is -1.20. The van der Waals surface area contributed by atoms with Gasteiger partial charge < -0.3 is 5.32 Å². The number of halogens is 4. The first-order valence-corrected chi connectivity index (χ1v) is 7.21. The molecule has 0 radical (unpaired) electrons. The van der Waals surface area contributed by atoms with E-state index in [2.05, 4.69) is 5.32 Å². The fourth-order valence-corrected chi connectivity index (χ4v) is 2.87. The fraction of sp³-hybridized carbons (Fsp3) is 0.0769. The molecule has 4 nitrogen and oxygen atoms in total. The molecule has 0 aliphatic carbocycles. The van der Waals surface area contributed by atoms with Crippen molar-refractivity contribution in [2.45, 2.75) is 6.54 Å². The molecule has 0 fully saturated rings. The highest BCUT2D eigenvalue weighted by molar-refractivity contribution is 6.41. The van der Waals surface area contributed by atoms with Crippen molar-refractivity contribution in [2.75, 3.05) is 5.32 Å². The summed E-state index contributed by atoms with van der Waals surface area (Å²) in [7, 11) is 0. The number of nitro groups is 1. The van der Waals surface area contributed by atoms with Gasteiger partial charge in [-0.05, 0) is 24.3 Å². The zero-order valence-corrected chi connectivity index (χ0v) is 13.4. The predicted molar refractivity (Wildman–Crippen MR) is 86.9 cm³/mol. The number of hydrogen-bond acceptors (Lipinski definition) is 3. The number of nitro benzene ring substituents is 1. The summed E-state index contributed by atoms with van der Waals surface area (Å²) in [5.41, 5.74) is 0.856. The summed E-state index contributed by atoms with van der Waals surface area (Å²) < 4.78 is 0. The molecule has 0 saturated carbocycles. The maximum atomic E-state index is 11.0. The molecule has 0 heterocycles. The fourth-order valence-electron chi connectivity index (χ4n) is 1.75. The van der Waals surface area contributed by atoms with Gasteiger partial charge in [-0.2, -0.15) is 0 Å². The van der Waals surface area contributed by atoms with Gasteiger partial charge in [0.05, 0.1) is 20.7 Å². The summed E-state index contributed by atoms with van der Waals surface area (Å²) in [4.78, 5) is 10.5. The van der Waals surface area contributed by atoms with Gasteiger partial charge in [0.2, 0.25) is 0 Å². The molecule has 0 unspecified atom stereocenters. The number of nitrogens with one attached hydrogen (secondary N) is 1. The third-order valence-electron chi connectivity index (χ3n) is 2.71. The molecule has 0 amide bonds. The van der Waals surface area contributed by atoms with Crippen molar-refractivity contribution in [3.63, 3.8) is 0 Å². The van der Waals surface area contributed by atoms with Crippen LogP contribution in [0, 0.1) is 10.1 Å². The van der Waals surface area contributed by atoms with Crippen LogP contribution < -0.4 is 5.32 Å². The van der Waals surface area contributed by atoms with Crippen LogP contribution in [0.5, 0.6) is 0 Å². The number of anilines is 1. The van der Waals surface area contributed by atoms with Crippen LogP contribution >= 0.6 is 46.4 Å². The number of rotatable bonds is 4. The van der Waals surface area contributed by atoms with Crippen LogP contribution in [-0.2, 0) is 6.54 Å². The van der Waals surface area contributed by atoms with E-state index in [1.165, 1.54) is 18.2 Å². The lowest BCUT2D eigenvalue weighted by Crippen LogP contribution is -2.04. The minimum atomic E-state index is -0.492. The van der Waals surface area contributed by atoms with E-state index in [-0.39, 0.29) is 12.2 Å². The molecule has 1 N–H and O–H groups in total. The average molecular weight is 366 g/mol. The van der Waals surface area contributed by atoms with Gasteiger partial charge in [0.15, 0.2) is 0 Å². The van der Waals surface area contributed by atoms with Crippen molar-refractivity contribution in [2.24, 2.45) is 0 Å². The van der Waals surface area contributed by atoms with Gasteiger partial charge in [-0.3, -0.25) is 10.1 Å². The Morgan fingerprint density at radius 3 is 2.19 bits per heavy atom. The number of benzene rings is 2. The molecule has 21 heavy (non-hydrogen) atoms. The molecule has 0 aliphatic heterocycles. The summed E-state index contributed by atoms with van der Waals surface area (Å²) in [5, 5.41) is 15.4. The third-order valence-corrected chi connectivity index (χ3v) is 3.76. The Bertz CT molecular complexity index is 684. The highest BCUT2D eigenvalue weighted by Gasteiger charge is 2.15. The molecule has 0 bridgehead atoms. The van der Waals surface area contributed by atoms with E-state index >= 15 is 0 Å².